The number of hydrogen-bond donors (Lipinski definition) is 1. The largest absolute Gasteiger partial charge is 0.354 e. The first kappa shape index (κ1) is 62.2. The van der Waals surface area contributed by atoms with E-state index in [0.717, 1.165) is 61.3 Å². The number of fused-ring (bicyclic) bond motifs is 28. The van der Waals surface area contributed by atoms with E-state index in [1.54, 1.807) is 22.7 Å². The number of allylic oxidation sites excluding steroid dienone is 1. The number of halogens is 1. The molecule has 107 heavy (non-hydrogen) atoms. The number of nitrogens with one attached hydrogen (secondary N) is 1. The molecular weight excluding hydrogens is 1400 g/mol. The average molecular weight is 1460 g/mol. The minimum atomic E-state index is 0.280. The van der Waals surface area contributed by atoms with Gasteiger partial charge < -0.3 is 4.98 Å². The van der Waals surface area contributed by atoms with E-state index in [4.69, 9.17) is 21.6 Å². The van der Waals surface area contributed by atoms with Gasteiger partial charge in [-0.3, -0.25) is 4.57 Å². The zero-order valence-electron chi connectivity index (χ0n) is 57.2. The monoisotopic (exact) mass is 1460 g/mol. The van der Waals surface area contributed by atoms with Crippen molar-refractivity contribution in [3.05, 3.63) is 326 Å². The van der Waals surface area contributed by atoms with Crippen LogP contribution >= 0.6 is 56.9 Å². The molecule has 6 nitrogen and oxygen atoms in total. The molecule has 0 saturated heterocycles. The number of aromatic amines is 1. The number of nitrogens with zero attached hydrogens (tertiary/aromatic N) is 5. The summed E-state index contributed by atoms with van der Waals surface area (Å²) < 4.78 is 10.1. The second-order valence-corrected chi connectivity index (χ2v) is 32.0. The van der Waals surface area contributed by atoms with Gasteiger partial charge in [-0.1, -0.05) is 267 Å². The summed E-state index contributed by atoms with van der Waals surface area (Å²) in [5.74, 6) is 0.697. The number of aromatic nitrogens is 6. The van der Waals surface area contributed by atoms with E-state index in [0.29, 0.717) is 5.95 Å². The van der Waals surface area contributed by atoms with Gasteiger partial charge in [0.25, 0.3) is 0 Å². The third-order valence-electron chi connectivity index (χ3n) is 21.5. The van der Waals surface area contributed by atoms with E-state index in [2.05, 4.69) is 329 Å². The standard InChI is InChI=1S/C48H29N3S2.C26H15ClN2S.C22H13NS/c1-2-12-31-27-32(26-23-28(31)11-1)29-21-24-30(25-22-29)44-42-36-16-6-10-20-40(36)53-47(42)50-48(49-44)51-38-18-8-5-15-35(38)41-33-13-3-4-14-34(33)46-43(45(41)51)37-17-7-9-19-39(37)52-46;27-26-28-24(23-21-7-3-4-8-22(21)30-25(23)29-26)18-12-9-17(10-13-18)20-14-11-16-5-1-2-6-19(16)15-20;1-2-8-14-13(7-1)19-15-9-3-5-11-17(15)23-21(19)20-16-10-4-6-12-18(16)24-22(14)20/h2-10,12-27H,1,11H2;1-15H;1-12,23H. The quantitative estimate of drug-likeness (QED) is 0.174. The number of benzene rings is 15. The Balaban J connectivity index is 0.000000111. The van der Waals surface area contributed by atoms with E-state index in [1.165, 1.54) is 164 Å². The number of para-hydroxylation sites is 2. The van der Waals surface area contributed by atoms with Gasteiger partial charge in [0, 0.05) is 120 Å². The van der Waals surface area contributed by atoms with Gasteiger partial charge in [-0.2, -0.15) is 0 Å². The van der Waals surface area contributed by atoms with Crippen LogP contribution in [-0.2, 0) is 6.42 Å². The zero-order chi connectivity index (χ0) is 70.4. The molecule has 8 aromatic heterocycles. The topological polar surface area (TPSA) is 72.3 Å². The predicted molar refractivity (Wildman–Crippen MR) is 462 cm³/mol. The smallest absolute Gasteiger partial charge is 0.236 e. The Bertz CT molecular complexity index is 7660. The van der Waals surface area contributed by atoms with Crippen LogP contribution in [0.1, 0.15) is 17.5 Å². The summed E-state index contributed by atoms with van der Waals surface area (Å²) in [6.45, 7) is 0. The average Bonchev–Trinajstić information content (AvgIpc) is 1.55. The Labute approximate surface area is 633 Å². The summed E-state index contributed by atoms with van der Waals surface area (Å²) in [5, 5.41) is 22.9. The van der Waals surface area contributed by atoms with Gasteiger partial charge in [0.1, 0.15) is 9.66 Å². The molecule has 0 fully saturated rings. The molecule has 1 aliphatic rings. The van der Waals surface area contributed by atoms with Crippen molar-refractivity contribution in [3.8, 4) is 50.7 Å². The molecule has 23 aromatic rings. The second kappa shape index (κ2) is 25.0. The van der Waals surface area contributed by atoms with Crippen molar-refractivity contribution in [1.29, 1.82) is 0 Å². The van der Waals surface area contributed by atoms with Crippen LogP contribution in [0.4, 0.5) is 0 Å². The normalized spacial score (nSPS) is 12.4. The fourth-order valence-electron chi connectivity index (χ4n) is 16.7. The Kier molecular flexibility index (Phi) is 14.5. The van der Waals surface area contributed by atoms with Gasteiger partial charge in [-0.25, -0.2) is 19.9 Å². The van der Waals surface area contributed by atoms with Crippen molar-refractivity contribution >= 4 is 220 Å². The highest BCUT2D eigenvalue weighted by molar-refractivity contribution is 7.27. The van der Waals surface area contributed by atoms with Gasteiger partial charge in [0.05, 0.1) is 27.9 Å². The first-order chi connectivity index (χ1) is 53.0. The highest BCUT2D eigenvalue weighted by Crippen LogP contribution is 2.50. The maximum atomic E-state index is 6.27. The molecule has 0 amide bonds. The van der Waals surface area contributed by atoms with Gasteiger partial charge in [0.2, 0.25) is 11.2 Å². The first-order valence-corrected chi connectivity index (χ1v) is 39.6. The minimum Gasteiger partial charge on any atom is -0.354 e. The van der Waals surface area contributed by atoms with E-state index in [1.807, 2.05) is 28.7 Å². The lowest BCUT2D eigenvalue weighted by atomic mass is 9.93. The summed E-state index contributed by atoms with van der Waals surface area (Å²) in [5.41, 5.74) is 16.3. The lowest BCUT2D eigenvalue weighted by Gasteiger charge is -2.13. The van der Waals surface area contributed by atoms with Crippen molar-refractivity contribution in [3.63, 3.8) is 0 Å². The fraction of sp³-hybridized carbons (Fsp3) is 0.0208. The summed E-state index contributed by atoms with van der Waals surface area (Å²) >= 11 is 13.4. The molecule has 502 valence electrons. The van der Waals surface area contributed by atoms with Gasteiger partial charge in [-0.15, -0.1) is 45.3 Å². The summed E-state index contributed by atoms with van der Waals surface area (Å²) in [6.07, 6.45) is 6.78. The van der Waals surface area contributed by atoms with Crippen LogP contribution in [0.2, 0.25) is 5.28 Å². The number of H-pyrrole nitrogens is 1. The first-order valence-electron chi connectivity index (χ1n) is 36.0. The maximum Gasteiger partial charge on any atom is 0.236 e. The molecule has 15 aromatic carbocycles. The van der Waals surface area contributed by atoms with Gasteiger partial charge in [-0.05, 0) is 128 Å². The van der Waals surface area contributed by atoms with E-state index >= 15 is 0 Å². The summed E-state index contributed by atoms with van der Waals surface area (Å²) in [7, 11) is 0. The predicted octanol–water partition coefficient (Wildman–Crippen LogP) is 28.6. The van der Waals surface area contributed by atoms with Crippen LogP contribution in [0.25, 0.3) is 214 Å². The molecular formula is C96H57ClN6S4. The Morgan fingerprint density at radius 2 is 0.804 bits per heavy atom. The molecule has 24 rings (SSSR count). The van der Waals surface area contributed by atoms with Crippen LogP contribution < -0.4 is 0 Å². The van der Waals surface area contributed by atoms with Crippen LogP contribution in [0, 0.1) is 0 Å². The third-order valence-corrected chi connectivity index (χ3v) is 26.2. The Morgan fingerprint density at radius 1 is 0.336 bits per heavy atom. The van der Waals surface area contributed by atoms with Crippen LogP contribution in [0.15, 0.2) is 309 Å². The molecule has 0 atom stereocenters. The van der Waals surface area contributed by atoms with E-state index < -0.39 is 0 Å². The van der Waals surface area contributed by atoms with E-state index in [9.17, 15) is 0 Å². The second-order valence-electron chi connectivity index (χ2n) is 27.5. The van der Waals surface area contributed by atoms with Crippen molar-refractivity contribution in [2.24, 2.45) is 0 Å². The third kappa shape index (κ3) is 10.1. The Hall–Kier alpha value is -12.3. The SMILES string of the molecule is C1=Cc2cc(-c3ccc(-c4nc(-n5c6ccccc6c6c7ccccc7c7sc8ccccc8c7c65)nc5sc6ccccc6c45)cc3)ccc2CC1.Clc1nc(-c2ccc(-c3ccc4ccccc4c3)cc2)c2c(n1)sc1ccccc12.c1ccc2c(c1)[nH]c1c2c2ccccc2c2sc3ccccc3c12. The number of hydrogen-bond acceptors (Lipinski definition) is 8. The van der Waals surface area contributed by atoms with Gasteiger partial charge in [0.15, 0.2) is 0 Å². The van der Waals surface area contributed by atoms with Crippen molar-refractivity contribution in [2.75, 3.05) is 0 Å². The van der Waals surface area contributed by atoms with Crippen LogP contribution in [0.3, 0.4) is 0 Å². The van der Waals surface area contributed by atoms with Crippen molar-refractivity contribution in [1.82, 2.24) is 29.5 Å². The highest BCUT2D eigenvalue weighted by atomic mass is 35.5. The molecule has 0 unspecified atom stereocenters. The van der Waals surface area contributed by atoms with Crippen molar-refractivity contribution < 1.29 is 0 Å². The highest BCUT2D eigenvalue weighted by Gasteiger charge is 2.26. The number of thiophene rings is 4. The number of aryl methyl sites for hydroxylation is 1. The molecule has 1 N–H and O–H groups in total. The molecule has 8 heterocycles. The molecule has 0 aliphatic heterocycles. The van der Waals surface area contributed by atoms with Crippen LogP contribution in [0.5, 0.6) is 0 Å². The molecule has 0 radical (unpaired) electrons. The molecule has 0 bridgehead atoms. The van der Waals surface area contributed by atoms with E-state index in [-0.39, 0.29) is 5.28 Å². The molecule has 0 saturated carbocycles. The minimum absolute atomic E-state index is 0.280. The summed E-state index contributed by atoms with van der Waals surface area (Å²) in [4.78, 5) is 25.7. The molecule has 11 heteroatoms. The lowest BCUT2D eigenvalue weighted by Crippen LogP contribution is -2.03. The fourth-order valence-corrected chi connectivity index (χ4v) is 21.5. The number of rotatable bonds is 5. The molecule has 0 spiro atoms. The van der Waals surface area contributed by atoms with Gasteiger partial charge >= 0.3 is 0 Å². The zero-order valence-corrected chi connectivity index (χ0v) is 61.2. The van der Waals surface area contributed by atoms with Crippen molar-refractivity contribution in [2.45, 2.75) is 12.8 Å². The van der Waals surface area contributed by atoms with Crippen LogP contribution in [-0.4, -0.2) is 29.5 Å². The lowest BCUT2D eigenvalue weighted by molar-refractivity contribution is 0.986. The molecule has 1 aliphatic carbocycles. The summed E-state index contributed by atoms with van der Waals surface area (Å²) in [6, 6.07) is 109. The Morgan fingerprint density at radius 3 is 1.46 bits per heavy atom. The maximum absolute atomic E-state index is 6.27.